The van der Waals surface area contributed by atoms with Crippen molar-refractivity contribution in [2.24, 2.45) is 0 Å². The molecule has 0 aliphatic carbocycles. The molecule has 0 atom stereocenters. The summed E-state index contributed by atoms with van der Waals surface area (Å²) in [4.78, 5) is 14.6. The van der Waals surface area contributed by atoms with E-state index in [0.29, 0.717) is 17.5 Å². The number of rotatable bonds is 4. The number of aromatic nitrogens is 1. The van der Waals surface area contributed by atoms with Crippen LogP contribution in [0.3, 0.4) is 0 Å². The molecule has 3 aromatic rings. The molecular weight excluding hydrogens is 337 g/mol. The maximum atomic E-state index is 12.2. The first kappa shape index (κ1) is 16.8. The highest BCUT2D eigenvalue weighted by molar-refractivity contribution is 5.97. The van der Waals surface area contributed by atoms with Crippen LogP contribution in [-0.2, 0) is 6.42 Å². The standard InChI is InChI=1S/C17H13F3N2O3/c18-17(19,20)25-14-5-1-10(2-6-14)7-13-8-11-3-4-12(16(23)22-24)9-15(11)21-13/h1-6,8-9,21,24H,7H2,(H,22,23). The first-order valence-electron chi connectivity index (χ1n) is 7.25. The van der Waals surface area contributed by atoms with Gasteiger partial charge in [0.1, 0.15) is 5.75 Å². The Balaban J connectivity index is 1.77. The molecule has 1 heterocycles. The number of carbonyl (C=O) groups excluding carboxylic acids is 1. The molecule has 0 radical (unpaired) electrons. The Bertz CT molecular complexity index is 902. The molecule has 0 aliphatic rings. The van der Waals surface area contributed by atoms with Crippen LogP contribution in [0.25, 0.3) is 10.9 Å². The molecule has 3 N–H and O–H groups in total. The number of carbonyl (C=O) groups is 1. The molecule has 0 saturated heterocycles. The number of alkyl halides is 3. The number of ether oxygens (including phenoxy) is 1. The molecule has 0 spiro atoms. The summed E-state index contributed by atoms with van der Waals surface area (Å²) in [5, 5.41) is 9.54. The Morgan fingerprint density at radius 2 is 1.84 bits per heavy atom. The Hall–Kier alpha value is -3.00. The number of hydrogen-bond acceptors (Lipinski definition) is 3. The average Bonchev–Trinajstić information content (AvgIpc) is 2.96. The van der Waals surface area contributed by atoms with Gasteiger partial charge in [0.2, 0.25) is 0 Å². The molecule has 0 fully saturated rings. The van der Waals surface area contributed by atoms with E-state index in [1.165, 1.54) is 12.1 Å². The van der Waals surface area contributed by atoms with Gasteiger partial charge < -0.3 is 9.72 Å². The third-order valence-corrected chi connectivity index (χ3v) is 3.59. The third-order valence-electron chi connectivity index (χ3n) is 3.59. The molecule has 5 nitrogen and oxygen atoms in total. The largest absolute Gasteiger partial charge is 0.573 e. The highest BCUT2D eigenvalue weighted by atomic mass is 19.4. The number of aromatic amines is 1. The maximum Gasteiger partial charge on any atom is 0.573 e. The van der Waals surface area contributed by atoms with Crippen molar-refractivity contribution in [2.75, 3.05) is 0 Å². The lowest BCUT2D eigenvalue weighted by Gasteiger charge is -2.09. The monoisotopic (exact) mass is 350 g/mol. The minimum atomic E-state index is -4.71. The van der Waals surface area contributed by atoms with E-state index in [2.05, 4.69) is 9.72 Å². The molecule has 3 rings (SSSR count). The van der Waals surface area contributed by atoms with Crippen LogP contribution in [0, 0.1) is 0 Å². The summed E-state index contributed by atoms with van der Waals surface area (Å²) in [6, 6.07) is 12.4. The fourth-order valence-corrected chi connectivity index (χ4v) is 2.52. The number of hydroxylamine groups is 1. The van der Waals surface area contributed by atoms with Crippen molar-refractivity contribution in [1.29, 1.82) is 0 Å². The van der Waals surface area contributed by atoms with Gasteiger partial charge >= 0.3 is 6.36 Å². The van der Waals surface area contributed by atoms with Gasteiger partial charge in [-0.3, -0.25) is 10.0 Å². The number of hydrogen-bond donors (Lipinski definition) is 3. The van der Waals surface area contributed by atoms with Crippen LogP contribution in [0.1, 0.15) is 21.6 Å². The van der Waals surface area contributed by atoms with Crippen molar-refractivity contribution in [3.05, 3.63) is 65.4 Å². The predicted molar refractivity (Wildman–Crippen MR) is 83.5 cm³/mol. The Morgan fingerprint density at radius 3 is 2.48 bits per heavy atom. The van der Waals surface area contributed by atoms with Crippen LogP contribution in [0.4, 0.5) is 13.2 Å². The number of benzene rings is 2. The second kappa shape index (κ2) is 6.48. The van der Waals surface area contributed by atoms with Crippen molar-refractivity contribution in [1.82, 2.24) is 10.5 Å². The third kappa shape index (κ3) is 4.10. The molecule has 0 aliphatic heterocycles. The molecule has 0 unspecified atom stereocenters. The molecule has 130 valence electrons. The number of nitrogens with one attached hydrogen (secondary N) is 2. The lowest BCUT2D eigenvalue weighted by Crippen LogP contribution is -2.18. The van der Waals surface area contributed by atoms with Crippen molar-refractivity contribution in [2.45, 2.75) is 12.8 Å². The zero-order valence-electron chi connectivity index (χ0n) is 12.7. The summed E-state index contributed by atoms with van der Waals surface area (Å²) in [6.07, 6.45) is -4.24. The minimum absolute atomic E-state index is 0.271. The van der Waals surface area contributed by atoms with Gasteiger partial charge in [0.25, 0.3) is 5.91 Å². The van der Waals surface area contributed by atoms with Crippen molar-refractivity contribution < 1.29 is 27.9 Å². The van der Waals surface area contributed by atoms with Gasteiger partial charge in [-0.2, -0.15) is 0 Å². The highest BCUT2D eigenvalue weighted by Gasteiger charge is 2.30. The predicted octanol–water partition coefficient (Wildman–Crippen LogP) is 3.78. The van der Waals surface area contributed by atoms with Gasteiger partial charge in [0.15, 0.2) is 0 Å². The maximum absolute atomic E-state index is 12.2. The highest BCUT2D eigenvalue weighted by Crippen LogP contribution is 2.24. The van der Waals surface area contributed by atoms with Crippen molar-refractivity contribution in [3.63, 3.8) is 0 Å². The van der Waals surface area contributed by atoms with Crippen molar-refractivity contribution in [3.8, 4) is 5.75 Å². The molecule has 2 aromatic carbocycles. The van der Waals surface area contributed by atoms with Gasteiger partial charge in [0, 0.05) is 23.2 Å². The quantitative estimate of drug-likeness (QED) is 0.495. The van der Waals surface area contributed by atoms with Gasteiger partial charge in [0.05, 0.1) is 0 Å². The lowest BCUT2D eigenvalue weighted by molar-refractivity contribution is -0.274. The lowest BCUT2D eigenvalue weighted by atomic mass is 10.1. The van der Waals surface area contributed by atoms with E-state index in [4.69, 9.17) is 5.21 Å². The van der Waals surface area contributed by atoms with Crippen LogP contribution in [0.15, 0.2) is 48.5 Å². The SMILES string of the molecule is O=C(NO)c1ccc2cc(Cc3ccc(OC(F)(F)F)cc3)[nH]c2c1. The van der Waals surface area contributed by atoms with Crippen LogP contribution < -0.4 is 10.2 Å². The van der Waals surface area contributed by atoms with Crippen molar-refractivity contribution >= 4 is 16.8 Å². The molecule has 0 bridgehead atoms. The van der Waals surface area contributed by atoms with Crippen LogP contribution in [0.5, 0.6) is 5.75 Å². The normalized spacial score (nSPS) is 11.5. The molecule has 25 heavy (non-hydrogen) atoms. The van der Waals surface area contributed by atoms with E-state index in [1.807, 2.05) is 6.07 Å². The minimum Gasteiger partial charge on any atom is -0.406 e. The van der Waals surface area contributed by atoms with Crippen LogP contribution in [-0.4, -0.2) is 22.5 Å². The molecule has 0 saturated carbocycles. The smallest absolute Gasteiger partial charge is 0.406 e. The average molecular weight is 350 g/mol. The van der Waals surface area contributed by atoms with E-state index >= 15 is 0 Å². The first-order valence-corrected chi connectivity index (χ1v) is 7.25. The molecule has 1 aromatic heterocycles. The zero-order chi connectivity index (χ0) is 18.0. The first-order chi connectivity index (χ1) is 11.8. The summed E-state index contributed by atoms with van der Waals surface area (Å²) < 4.78 is 40.3. The van der Waals surface area contributed by atoms with E-state index in [0.717, 1.165) is 16.6 Å². The van der Waals surface area contributed by atoms with E-state index in [9.17, 15) is 18.0 Å². The second-order valence-corrected chi connectivity index (χ2v) is 5.41. The van der Waals surface area contributed by atoms with E-state index in [1.54, 1.807) is 35.8 Å². The number of fused-ring (bicyclic) bond motifs is 1. The molecule has 1 amide bonds. The zero-order valence-corrected chi connectivity index (χ0v) is 12.7. The number of H-pyrrole nitrogens is 1. The summed E-state index contributed by atoms with van der Waals surface area (Å²) in [7, 11) is 0. The van der Waals surface area contributed by atoms with Gasteiger partial charge in [-0.1, -0.05) is 18.2 Å². The Morgan fingerprint density at radius 1 is 1.12 bits per heavy atom. The summed E-state index contributed by atoms with van der Waals surface area (Å²) in [5.41, 5.74) is 4.22. The van der Waals surface area contributed by atoms with Gasteiger partial charge in [-0.25, -0.2) is 5.48 Å². The van der Waals surface area contributed by atoms with E-state index < -0.39 is 12.3 Å². The summed E-state index contributed by atoms with van der Waals surface area (Å²) >= 11 is 0. The summed E-state index contributed by atoms with van der Waals surface area (Å²) in [5.74, 6) is -0.883. The fraction of sp³-hybridized carbons (Fsp3) is 0.118. The Kier molecular flexibility index (Phi) is 4.37. The molecule has 8 heteroatoms. The van der Waals surface area contributed by atoms with E-state index in [-0.39, 0.29) is 5.75 Å². The Labute approximate surface area is 140 Å². The number of amides is 1. The van der Waals surface area contributed by atoms with Gasteiger partial charge in [-0.05, 0) is 41.3 Å². The fourth-order valence-electron chi connectivity index (χ4n) is 2.52. The van der Waals surface area contributed by atoms with Gasteiger partial charge in [-0.15, -0.1) is 13.2 Å². The topological polar surface area (TPSA) is 74.3 Å². The number of halogens is 3. The van der Waals surface area contributed by atoms with Crippen LogP contribution in [0.2, 0.25) is 0 Å². The molecular formula is C17H13F3N2O3. The summed E-state index contributed by atoms with van der Waals surface area (Å²) in [6.45, 7) is 0. The second-order valence-electron chi connectivity index (χ2n) is 5.41. The van der Waals surface area contributed by atoms with Crippen LogP contribution >= 0.6 is 0 Å².